The van der Waals surface area contributed by atoms with Crippen LogP contribution in [-0.2, 0) is 0 Å². The molecule has 0 amide bonds. The Balaban J connectivity index is 2.05. The van der Waals surface area contributed by atoms with Gasteiger partial charge in [-0.25, -0.2) is 0 Å². The Kier molecular flexibility index (Phi) is 5.28. The Morgan fingerprint density at radius 3 is 2.89 bits per heavy atom. The number of benzene rings is 1. The lowest BCUT2D eigenvalue weighted by Crippen LogP contribution is -2.47. The molecule has 106 valence electrons. The summed E-state index contributed by atoms with van der Waals surface area (Å²) in [7, 11) is 0. The van der Waals surface area contributed by atoms with Crippen molar-refractivity contribution >= 4 is 21.6 Å². The Hall–Kier alpha value is -0.540. The molecule has 1 aromatic rings. The van der Waals surface area contributed by atoms with Crippen LogP contribution in [0.25, 0.3) is 0 Å². The number of anilines is 1. The molecule has 1 heterocycles. The van der Waals surface area contributed by atoms with E-state index in [1.54, 1.807) is 0 Å². The van der Waals surface area contributed by atoms with Crippen molar-refractivity contribution in [3.05, 3.63) is 28.2 Å². The summed E-state index contributed by atoms with van der Waals surface area (Å²) in [4.78, 5) is 2.54. The molecule has 2 rings (SSSR count). The van der Waals surface area contributed by atoms with Gasteiger partial charge in [0.15, 0.2) is 0 Å². The molecule has 0 radical (unpaired) electrons. The van der Waals surface area contributed by atoms with E-state index < -0.39 is 0 Å². The van der Waals surface area contributed by atoms with Gasteiger partial charge in [0.05, 0.1) is 5.69 Å². The molecule has 2 nitrogen and oxygen atoms in total. The van der Waals surface area contributed by atoms with Crippen LogP contribution < -0.4 is 10.2 Å². The molecule has 1 aliphatic rings. The summed E-state index contributed by atoms with van der Waals surface area (Å²) in [5.74, 6) is 0. The maximum atomic E-state index is 3.69. The first-order valence-electron chi connectivity index (χ1n) is 7.38. The minimum absolute atomic E-state index is 0.598. The van der Waals surface area contributed by atoms with Gasteiger partial charge in [0.1, 0.15) is 0 Å². The van der Waals surface area contributed by atoms with Crippen LogP contribution in [0.1, 0.15) is 38.7 Å². The van der Waals surface area contributed by atoms with E-state index in [1.807, 2.05) is 0 Å². The minimum Gasteiger partial charge on any atom is -0.368 e. The van der Waals surface area contributed by atoms with Crippen molar-refractivity contribution in [2.45, 2.75) is 52.1 Å². The molecule has 1 N–H and O–H groups in total. The standard InChI is InChI=1S/C16H25BrN2/c1-4-8-18-14-7-9-19(13(3)11-14)16-10-12(2)5-6-15(16)17/h5-6,10,13-14,18H,4,7-9,11H2,1-3H3. The third-order valence-electron chi connectivity index (χ3n) is 3.97. The smallest absolute Gasteiger partial charge is 0.0515 e. The lowest BCUT2D eigenvalue weighted by molar-refractivity contribution is 0.368. The molecule has 0 aromatic heterocycles. The molecule has 0 bridgehead atoms. The molecule has 0 saturated carbocycles. The second-order valence-electron chi connectivity index (χ2n) is 5.67. The fourth-order valence-electron chi connectivity index (χ4n) is 2.91. The van der Waals surface area contributed by atoms with Crippen molar-refractivity contribution in [1.82, 2.24) is 5.32 Å². The van der Waals surface area contributed by atoms with Crippen molar-refractivity contribution < 1.29 is 0 Å². The van der Waals surface area contributed by atoms with Gasteiger partial charge in [-0.05, 0) is 73.3 Å². The summed E-state index contributed by atoms with van der Waals surface area (Å²) in [6.07, 6.45) is 3.70. The van der Waals surface area contributed by atoms with Crippen LogP contribution in [0.15, 0.2) is 22.7 Å². The van der Waals surface area contributed by atoms with E-state index in [9.17, 15) is 0 Å². The summed E-state index contributed by atoms with van der Waals surface area (Å²) in [6.45, 7) is 9.02. The van der Waals surface area contributed by atoms with Crippen LogP contribution in [0.3, 0.4) is 0 Å². The number of nitrogens with one attached hydrogen (secondary N) is 1. The van der Waals surface area contributed by atoms with Crippen LogP contribution in [0.4, 0.5) is 5.69 Å². The Labute approximate surface area is 125 Å². The number of hydrogen-bond donors (Lipinski definition) is 1. The van der Waals surface area contributed by atoms with Gasteiger partial charge in [0.25, 0.3) is 0 Å². The molecule has 1 aliphatic heterocycles. The summed E-state index contributed by atoms with van der Waals surface area (Å²) in [6, 6.07) is 7.91. The van der Waals surface area contributed by atoms with Crippen LogP contribution in [0, 0.1) is 6.92 Å². The second kappa shape index (κ2) is 6.76. The first-order valence-corrected chi connectivity index (χ1v) is 8.17. The molecule has 3 heteroatoms. The zero-order valence-corrected chi connectivity index (χ0v) is 13.8. The van der Waals surface area contributed by atoms with Gasteiger partial charge in [-0.15, -0.1) is 0 Å². The summed E-state index contributed by atoms with van der Waals surface area (Å²) in [5.41, 5.74) is 2.68. The maximum absolute atomic E-state index is 3.69. The van der Waals surface area contributed by atoms with Crippen LogP contribution >= 0.6 is 15.9 Å². The molecule has 1 aromatic carbocycles. The molecule has 19 heavy (non-hydrogen) atoms. The SMILES string of the molecule is CCCNC1CCN(c2cc(C)ccc2Br)C(C)C1. The summed E-state index contributed by atoms with van der Waals surface area (Å²) < 4.78 is 1.21. The Morgan fingerprint density at radius 2 is 2.21 bits per heavy atom. The zero-order valence-electron chi connectivity index (χ0n) is 12.2. The van der Waals surface area contributed by atoms with Gasteiger partial charge >= 0.3 is 0 Å². The van der Waals surface area contributed by atoms with Gasteiger partial charge < -0.3 is 10.2 Å². The lowest BCUT2D eigenvalue weighted by atomic mass is 9.97. The Bertz CT molecular complexity index is 419. The highest BCUT2D eigenvalue weighted by molar-refractivity contribution is 9.10. The average Bonchev–Trinajstić information content (AvgIpc) is 2.40. The highest BCUT2D eigenvalue weighted by atomic mass is 79.9. The van der Waals surface area contributed by atoms with E-state index in [-0.39, 0.29) is 0 Å². The highest BCUT2D eigenvalue weighted by Crippen LogP contribution is 2.32. The van der Waals surface area contributed by atoms with E-state index >= 15 is 0 Å². The van der Waals surface area contributed by atoms with Crippen LogP contribution in [0.5, 0.6) is 0 Å². The van der Waals surface area contributed by atoms with Crippen molar-refractivity contribution in [2.75, 3.05) is 18.0 Å². The molecular weight excluding hydrogens is 300 g/mol. The van der Waals surface area contributed by atoms with Gasteiger partial charge in [-0.1, -0.05) is 13.0 Å². The number of nitrogens with zero attached hydrogens (tertiary/aromatic N) is 1. The van der Waals surface area contributed by atoms with E-state index in [4.69, 9.17) is 0 Å². The monoisotopic (exact) mass is 324 g/mol. The first kappa shape index (κ1) is 14.9. The third-order valence-corrected chi connectivity index (χ3v) is 4.64. The van der Waals surface area contributed by atoms with Crippen LogP contribution in [0.2, 0.25) is 0 Å². The Morgan fingerprint density at radius 1 is 1.42 bits per heavy atom. The van der Waals surface area contributed by atoms with Crippen molar-refractivity contribution in [3.63, 3.8) is 0 Å². The van der Waals surface area contributed by atoms with Gasteiger partial charge in [-0.3, -0.25) is 0 Å². The number of aryl methyl sites for hydroxylation is 1. The minimum atomic E-state index is 0.598. The van der Waals surface area contributed by atoms with E-state index in [0.29, 0.717) is 12.1 Å². The van der Waals surface area contributed by atoms with Crippen molar-refractivity contribution in [3.8, 4) is 0 Å². The zero-order chi connectivity index (χ0) is 13.8. The molecule has 1 saturated heterocycles. The molecular formula is C16H25BrN2. The normalized spacial score (nSPS) is 23.7. The quantitative estimate of drug-likeness (QED) is 0.896. The van der Waals surface area contributed by atoms with Gasteiger partial charge in [0, 0.05) is 23.1 Å². The fraction of sp³-hybridized carbons (Fsp3) is 0.625. The first-order chi connectivity index (χ1) is 9.11. The van der Waals surface area contributed by atoms with E-state index in [1.165, 1.54) is 35.0 Å². The number of hydrogen-bond acceptors (Lipinski definition) is 2. The predicted molar refractivity (Wildman–Crippen MR) is 87.0 cm³/mol. The number of halogens is 1. The van der Waals surface area contributed by atoms with Crippen molar-refractivity contribution in [1.29, 1.82) is 0 Å². The predicted octanol–water partition coefficient (Wildman–Crippen LogP) is 4.11. The largest absolute Gasteiger partial charge is 0.368 e. The molecule has 0 spiro atoms. The fourth-order valence-corrected chi connectivity index (χ4v) is 3.38. The van der Waals surface area contributed by atoms with E-state index in [2.05, 4.69) is 65.1 Å². The molecule has 0 aliphatic carbocycles. The van der Waals surface area contributed by atoms with E-state index in [0.717, 1.165) is 13.1 Å². The van der Waals surface area contributed by atoms with Crippen LogP contribution in [-0.4, -0.2) is 25.2 Å². The summed E-state index contributed by atoms with van der Waals surface area (Å²) in [5, 5.41) is 3.66. The average molecular weight is 325 g/mol. The lowest BCUT2D eigenvalue weighted by Gasteiger charge is -2.40. The second-order valence-corrected chi connectivity index (χ2v) is 6.53. The number of rotatable bonds is 4. The number of piperidine rings is 1. The van der Waals surface area contributed by atoms with Gasteiger partial charge in [-0.2, -0.15) is 0 Å². The van der Waals surface area contributed by atoms with Crippen molar-refractivity contribution in [2.24, 2.45) is 0 Å². The maximum Gasteiger partial charge on any atom is 0.0515 e. The third kappa shape index (κ3) is 3.73. The summed E-state index contributed by atoms with van der Waals surface area (Å²) >= 11 is 3.69. The topological polar surface area (TPSA) is 15.3 Å². The highest BCUT2D eigenvalue weighted by Gasteiger charge is 2.26. The molecule has 1 fully saturated rings. The van der Waals surface area contributed by atoms with Gasteiger partial charge in [0.2, 0.25) is 0 Å². The molecule has 2 atom stereocenters. The molecule has 2 unspecified atom stereocenters.